The molecule has 0 unspecified atom stereocenters. The zero-order valence-corrected chi connectivity index (χ0v) is 11.1. The maximum atomic E-state index is 12.4. The summed E-state index contributed by atoms with van der Waals surface area (Å²) in [6.45, 7) is 1.84. The van der Waals surface area contributed by atoms with E-state index in [0.717, 1.165) is 10.3 Å². The molecule has 0 radical (unpaired) electrons. The van der Waals surface area contributed by atoms with Gasteiger partial charge in [-0.3, -0.25) is 14.4 Å². The second-order valence-electron chi connectivity index (χ2n) is 4.80. The molecule has 0 N–H and O–H groups in total. The number of hydrogen-bond acceptors (Lipinski definition) is 3. The molecule has 3 rings (SSSR count). The smallest absolute Gasteiger partial charge is 0.268 e. The number of carbonyl (C=O) groups excluding carboxylic acids is 3. The van der Waals surface area contributed by atoms with E-state index in [9.17, 15) is 14.4 Å². The normalized spacial score (nSPS) is 13.9. The van der Waals surface area contributed by atoms with Gasteiger partial charge in [-0.1, -0.05) is 31.2 Å². The first-order chi connectivity index (χ1) is 9.65. The number of nitrogens with zero attached hydrogens (tertiary/aromatic N) is 1. The van der Waals surface area contributed by atoms with Crippen molar-refractivity contribution >= 4 is 28.5 Å². The van der Waals surface area contributed by atoms with Gasteiger partial charge in [0.15, 0.2) is 0 Å². The molecular formula is C16H13NO3. The first-order valence-electron chi connectivity index (χ1n) is 6.58. The van der Waals surface area contributed by atoms with Crippen LogP contribution in [-0.2, 0) is 4.79 Å². The van der Waals surface area contributed by atoms with E-state index in [-0.39, 0.29) is 6.42 Å². The highest BCUT2D eigenvalue weighted by atomic mass is 16.2. The summed E-state index contributed by atoms with van der Waals surface area (Å²) in [5.41, 5.74) is 0.837. The maximum Gasteiger partial charge on any atom is 0.268 e. The first kappa shape index (κ1) is 12.5. The summed E-state index contributed by atoms with van der Waals surface area (Å²) in [5.74, 6) is -1.47. The molecular weight excluding hydrogens is 254 g/mol. The Morgan fingerprint density at radius 1 is 1.00 bits per heavy atom. The molecule has 4 heteroatoms. The van der Waals surface area contributed by atoms with E-state index >= 15 is 0 Å². The minimum absolute atomic E-state index is 0.190. The molecule has 4 nitrogen and oxygen atoms in total. The van der Waals surface area contributed by atoms with Gasteiger partial charge in [-0.15, -0.1) is 0 Å². The quantitative estimate of drug-likeness (QED) is 0.786. The molecule has 3 amide bonds. The minimum Gasteiger partial charge on any atom is -0.274 e. The van der Waals surface area contributed by atoms with E-state index in [1.807, 2.05) is 19.1 Å². The highest BCUT2D eigenvalue weighted by Crippen LogP contribution is 2.30. The monoisotopic (exact) mass is 267 g/mol. The van der Waals surface area contributed by atoms with Crippen LogP contribution in [0.25, 0.3) is 10.8 Å². The van der Waals surface area contributed by atoms with Crippen LogP contribution in [0.15, 0.2) is 36.4 Å². The number of carbonyl (C=O) groups is 3. The molecule has 0 saturated heterocycles. The van der Waals surface area contributed by atoms with Crippen molar-refractivity contribution in [3.8, 4) is 0 Å². The molecule has 1 aliphatic rings. The van der Waals surface area contributed by atoms with Crippen LogP contribution < -0.4 is 0 Å². The number of rotatable bonds is 2. The van der Waals surface area contributed by atoms with Crippen LogP contribution in [0.2, 0.25) is 0 Å². The SMILES string of the molecule is CCCC(=O)N1C(=O)c2cccc3cccc(c23)C1=O. The van der Waals surface area contributed by atoms with Crippen molar-refractivity contribution in [1.82, 2.24) is 4.90 Å². The third-order valence-corrected chi connectivity index (χ3v) is 3.48. The fourth-order valence-electron chi connectivity index (χ4n) is 2.58. The van der Waals surface area contributed by atoms with E-state index in [2.05, 4.69) is 0 Å². The van der Waals surface area contributed by atoms with Crippen molar-refractivity contribution in [2.24, 2.45) is 0 Å². The minimum atomic E-state index is -0.516. The largest absolute Gasteiger partial charge is 0.274 e. The van der Waals surface area contributed by atoms with Crippen LogP contribution in [0, 0.1) is 0 Å². The van der Waals surface area contributed by atoms with Gasteiger partial charge in [0.05, 0.1) is 0 Å². The van der Waals surface area contributed by atoms with Crippen molar-refractivity contribution in [3.63, 3.8) is 0 Å². The third kappa shape index (κ3) is 1.65. The molecule has 0 bridgehead atoms. The molecule has 2 aromatic rings. The summed E-state index contributed by atoms with van der Waals surface area (Å²) in [7, 11) is 0. The predicted molar refractivity (Wildman–Crippen MR) is 74.4 cm³/mol. The van der Waals surface area contributed by atoms with Crippen molar-refractivity contribution in [2.75, 3.05) is 0 Å². The average Bonchev–Trinajstić information content (AvgIpc) is 2.45. The topological polar surface area (TPSA) is 54.5 Å². The molecule has 0 aliphatic carbocycles. The Balaban J connectivity index is 2.24. The van der Waals surface area contributed by atoms with Gasteiger partial charge in [0.1, 0.15) is 0 Å². The van der Waals surface area contributed by atoms with Gasteiger partial charge < -0.3 is 0 Å². The number of imide groups is 3. The zero-order valence-electron chi connectivity index (χ0n) is 11.1. The maximum absolute atomic E-state index is 12.4. The van der Waals surface area contributed by atoms with Gasteiger partial charge in [0.2, 0.25) is 5.91 Å². The Morgan fingerprint density at radius 2 is 1.55 bits per heavy atom. The highest BCUT2D eigenvalue weighted by molar-refractivity contribution is 6.31. The summed E-state index contributed by atoms with van der Waals surface area (Å²) in [6.07, 6.45) is 0.789. The fourth-order valence-corrected chi connectivity index (χ4v) is 2.58. The second-order valence-corrected chi connectivity index (χ2v) is 4.80. The van der Waals surface area contributed by atoms with E-state index in [0.29, 0.717) is 22.9 Å². The summed E-state index contributed by atoms with van der Waals surface area (Å²) >= 11 is 0. The molecule has 0 aromatic heterocycles. The van der Waals surface area contributed by atoms with E-state index < -0.39 is 17.7 Å². The van der Waals surface area contributed by atoms with Crippen molar-refractivity contribution in [2.45, 2.75) is 19.8 Å². The van der Waals surface area contributed by atoms with E-state index in [1.54, 1.807) is 24.3 Å². The number of amides is 3. The van der Waals surface area contributed by atoms with Crippen LogP contribution in [0.1, 0.15) is 40.5 Å². The van der Waals surface area contributed by atoms with Crippen LogP contribution in [-0.4, -0.2) is 22.6 Å². The van der Waals surface area contributed by atoms with Gasteiger partial charge in [-0.25, -0.2) is 4.90 Å². The van der Waals surface area contributed by atoms with Crippen LogP contribution in [0.5, 0.6) is 0 Å². The second kappa shape index (κ2) is 4.56. The predicted octanol–water partition coefficient (Wildman–Crippen LogP) is 2.76. The molecule has 20 heavy (non-hydrogen) atoms. The Morgan fingerprint density at radius 3 is 2.05 bits per heavy atom. The van der Waals surface area contributed by atoms with E-state index in [1.165, 1.54) is 0 Å². The molecule has 2 aromatic carbocycles. The zero-order chi connectivity index (χ0) is 14.3. The van der Waals surface area contributed by atoms with Gasteiger partial charge in [0.25, 0.3) is 11.8 Å². The molecule has 100 valence electrons. The standard InChI is InChI=1S/C16H13NO3/c1-2-5-13(18)17-15(19)11-8-3-6-10-7-4-9-12(14(10)11)16(17)20/h3-4,6-9H,2,5H2,1H3. The Labute approximate surface area is 116 Å². The average molecular weight is 267 g/mol. The molecule has 1 aliphatic heterocycles. The van der Waals surface area contributed by atoms with Gasteiger partial charge in [0, 0.05) is 22.9 Å². The molecule has 0 spiro atoms. The van der Waals surface area contributed by atoms with Crippen LogP contribution >= 0.6 is 0 Å². The fraction of sp³-hybridized carbons (Fsp3) is 0.188. The Kier molecular flexibility index (Phi) is 2.86. The van der Waals surface area contributed by atoms with Crippen molar-refractivity contribution in [3.05, 3.63) is 47.5 Å². The molecule has 1 heterocycles. The Hall–Kier alpha value is -2.49. The van der Waals surface area contributed by atoms with Crippen LogP contribution in [0.4, 0.5) is 0 Å². The first-order valence-corrected chi connectivity index (χ1v) is 6.58. The molecule has 0 atom stereocenters. The van der Waals surface area contributed by atoms with Gasteiger partial charge in [-0.05, 0) is 23.9 Å². The lowest BCUT2D eigenvalue weighted by Gasteiger charge is -2.25. The Bertz CT molecular complexity index is 698. The van der Waals surface area contributed by atoms with Crippen molar-refractivity contribution in [1.29, 1.82) is 0 Å². The lowest BCUT2D eigenvalue weighted by atomic mass is 9.94. The third-order valence-electron chi connectivity index (χ3n) is 3.48. The van der Waals surface area contributed by atoms with Gasteiger partial charge >= 0.3 is 0 Å². The summed E-state index contributed by atoms with van der Waals surface area (Å²) in [6, 6.07) is 10.5. The number of benzene rings is 2. The van der Waals surface area contributed by atoms with Gasteiger partial charge in [-0.2, -0.15) is 0 Å². The van der Waals surface area contributed by atoms with Crippen molar-refractivity contribution < 1.29 is 14.4 Å². The lowest BCUT2D eigenvalue weighted by Crippen LogP contribution is -2.44. The van der Waals surface area contributed by atoms with Crippen LogP contribution in [0.3, 0.4) is 0 Å². The summed E-state index contributed by atoms with van der Waals surface area (Å²) in [4.78, 5) is 37.6. The van der Waals surface area contributed by atoms with E-state index in [4.69, 9.17) is 0 Å². The molecule has 0 fully saturated rings. The summed E-state index contributed by atoms with van der Waals surface area (Å²) < 4.78 is 0. The lowest BCUT2D eigenvalue weighted by molar-refractivity contribution is -0.126. The molecule has 0 saturated carbocycles. The number of hydrogen-bond donors (Lipinski definition) is 0. The highest BCUT2D eigenvalue weighted by Gasteiger charge is 2.36. The summed E-state index contributed by atoms with van der Waals surface area (Å²) in [5, 5.41) is 1.48.